The molecule has 4 nitrogen and oxygen atoms in total. The number of nitrogens with one attached hydrogen (secondary N) is 1. The molecule has 0 spiro atoms. The quantitative estimate of drug-likeness (QED) is 0.803. The van der Waals surface area contributed by atoms with E-state index in [2.05, 4.69) is 0 Å². The summed E-state index contributed by atoms with van der Waals surface area (Å²) in [6.45, 7) is -0.141. The number of carbonyl (C=O) groups is 1. The lowest BCUT2D eigenvalue weighted by molar-refractivity contribution is 0.0839. The fourth-order valence-corrected chi connectivity index (χ4v) is 3.26. The van der Waals surface area contributed by atoms with Gasteiger partial charge in [-0.3, -0.25) is 14.8 Å². The zero-order chi connectivity index (χ0) is 14.8. The Hall–Kier alpha value is -2.11. The van der Waals surface area contributed by atoms with Crippen molar-refractivity contribution in [2.24, 2.45) is 0 Å². The Morgan fingerprint density at radius 1 is 1.19 bits per heavy atom. The number of aromatic nitrogens is 1. The van der Waals surface area contributed by atoms with Gasteiger partial charge in [-0.25, -0.2) is 0 Å². The molecule has 0 saturated carbocycles. The zero-order valence-electron chi connectivity index (χ0n) is 10.9. The van der Waals surface area contributed by atoms with E-state index in [1.54, 1.807) is 24.3 Å². The van der Waals surface area contributed by atoms with Crippen molar-refractivity contribution in [3.05, 3.63) is 58.4 Å². The molecule has 0 aliphatic rings. The molecule has 3 rings (SSSR count). The molecule has 0 bridgehead atoms. The van der Waals surface area contributed by atoms with Crippen molar-refractivity contribution in [1.82, 2.24) is 4.57 Å². The van der Waals surface area contributed by atoms with E-state index in [4.69, 9.17) is 21.7 Å². The molecule has 0 saturated heterocycles. The second-order valence-electron chi connectivity index (χ2n) is 4.32. The Labute approximate surface area is 129 Å². The van der Waals surface area contributed by atoms with Crippen LogP contribution in [0.1, 0.15) is 4.79 Å². The summed E-state index contributed by atoms with van der Waals surface area (Å²) in [5.74, 6) is 0.298. The maximum atomic E-state index is 12.3. The molecule has 0 amide bonds. The summed E-state index contributed by atoms with van der Waals surface area (Å²) in [6, 6.07) is 14.4. The third kappa shape index (κ3) is 2.70. The van der Waals surface area contributed by atoms with E-state index in [0.29, 0.717) is 16.3 Å². The van der Waals surface area contributed by atoms with E-state index in [1.165, 1.54) is 15.9 Å². The number of thiazole rings is 1. The average molecular weight is 319 g/mol. The predicted molar refractivity (Wildman–Crippen MR) is 83.2 cm³/mol. The molecular weight excluding hydrogens is 308 g/mol. The van der Waals surface area contributed by atoms with Gasteiger partial charge in [0.05, 0.1) is 15.2 Å². The highest BCUT2D eigenvalue weighted by Gasteiger charge is 2.15. The molecule has 1 heterocycles. The van der Waals surface area contributed by atoms with Crippen LogP contribution in [0.4, 0.5) is 0 Å². The molecular formula is C15H11ClN2O2S. The molecule has 0 fully saturated rings. The van der Waals surface area contributed by atoms with Crippen LogP contribution in [0.25, 0.3) is 10.2 Å². The van der Waals surface area contributed by atoms with Crippen molar-refractivity contribution in [2.75, 3.05) is 6.61 Å². The highest BCUT2D eigenvalue weighted by molar-refractivity contribution is 7.16. The molecule has 21 heavy (non-hydrogen) atoms. The summed E-state index contributed by atoms with van der Waals surface area (Å²) in [5.41, 5.74) is 0.566. The standard InChI is InChI=1S/C15H11ClN2O2S/c16-11-7-4-8-12-14(11)18(15(17)21-12)13(19)9-20-10-5-2-1-3-6-10/h1-8,17H,9H2. The molecule has 106 valence electrons. The van der Waals surface area contributed by atoms with Gasteiger partial charge in [-0.1, -0.05) is 47.2 Å². The molecule has 0 unspecified atom stereocenters. The summed E-state index contributed by atoms with van der Waals surface area (Å²) >= 11 is 7.36. The van der Waals surface area contributed by atoms with E-state index in [9.17, 15) is 4.79 Å². The van der Waals surface area contributed by atoms with Crippen LogP contribution in [-0.2, 0) is 0 Å². The number of nitrogens with zero attached hydrogens (tertiary/aromatic N) is 1. The first kappa shape index (κ1) is 13.9. The van der Waals surface area contributed by atoms with Gasteiger partial charge in [0, 0.05) is 0 Å². The number of halogens is 1. The van der Waals surface area contributed by atoms with Gasteiger partial charge in [0.25, 0.3) is 5.91 Å². The van der Waals surface area contributed by atoms with Crippen LogP contribution < -0.4 is 9.54 Å². The summed E-state index contributed by atoms with van der Waals surface area (Å²) < 4.78 is 7.55. The number of fused-ring (bicyclic) bond motifs is 1. The monoisotopic (exact) mass is 318 g/mol. The van der Waals surface area contributed by atoms with E-state index in [1.807, 2.05) is 24.3 Å². The number of ether oxygens (including phenoxy) is 1. The first-order valence-corrected chi connectivity index (χ1v) is 7.42. The van der Waals surface area contributed by atoms with Crippen molar-refractivity contribution in [1.29, 1.82) is 5.41 Å². The van der Waals surface area contributed by atoms with Crippen LogP contribution in [0.2, 0.25) is 5.02 Å². The number of hydrogen-bond donors (Lipinski definition) is 1. The summed E-state index contributed by atoms with van der Waals surface area (Å²) in [4.78, 5) is 12.5. The Kier molecular flexibility index (Phi) is 3.77. The second kappa shape index (κ2) is 5.71. The fourth-order valence-electron chi connectivity index (χ4n) is 2.01. The van der Waals surface area contributed by atoms with E-state index in [-0.39, 0.29) is 17.3 Å². The van der Waals surface area contributed by atoms with E-state index in [0.717, 1.165) is 4.70 Å². The molecule has 1 aromatic heterocycles. The van der Waals surface area contributed by atoms with Crippen molar-refractivity contribution in [3.63, 3.8) is 0 Å². The number of carbonyl (C=O) groups excluding carboxylic acids is 1. The highest BCUT2D eigenvalue weighted by atomic mass is 35.5. The third-order valence-corrected chi connectivity index (χ3v) is 4.17. The maximum Gasteiger partial charge on any atom is 0.271 e. The van der Waals surface area contributed by atoms with Gasteiger partial charge in [-0.05, 0) is 24.3 Å². The zero-order valence-corrected chi connectivity index (χ0v) is 12.4. The number of para-hydroxylation sites is 2. The van der Waals surface area contributed by atoms with Crippen LogP contribution in [0, 0.1) is 5.41 Å². The van der Waals surface area contributed by atoms with Crippen LogP contribution >= 0.6 is 22.9 Å². The fraction of sp³-hybridized carbons (Fsp3) is 0.0667. The lowest BCUT2D eigenvalue weighted by Gasteiger charge is -2.07. The van der Waals surface area contributed by atoms with E-state index >= 15 is 0 Å². The number of rotatable bonds is 3. The van der Waals surface area contributed by atoms with Crippen molar-refractivity contribution >= 4 is 39.1 Å². The van der Waals surface area contributed by atoms with Gasteiger partial charge in [0.1, 0.15) is 5.75 Å². The number of benzene rings is 2. The molecule has 6 heteroatoms. The minimum atomic E-state index is -0.316. The van der Waals surface area contributed by atoms with Gasteiger partial charge >= 0.3 is 0 Å². The minimum absolute atomic E-state index is 0.139. The largest absolute Gasteiger partial charge is 0.484 e. The van der Waals surface area contributed by atoms with Gasteiger partial charge < -0.3 is 4.74 Å². The molecule has 2 aromatic carbocycles. The van der Waals surface area contributed by atoms with Crippen LogP contribution in [0.3, 0.4) is 0 Å². The molecule has 1 N–H and O–H groups in total. The highest BCUT2D eigenvalue weighted by Crippen LogP contribution is 2.25. The van der Waals surface area contributed by atoms with E-state index < -0.39 is 0 Å². The van der Waals surface area contributed by atoms with Gasteiger partial charge in [0.2, 0.25) is 0 Å². The Balaban J connectivity index is 1.92. The van der Waals surface area contributed by atoms with Crippen molar-refractivity contribution in [3.8, 4) is 5.75 Å². The topological polar surface area (TPSA) is 55.1 Å². The summed E-state index contributed by atoms with van der Waals surface area (Å²) in [7, 11) is 0. The molecule has 0 atom stereocenters. The minimum Gasteiger partial charge on any atom is -0.484 e. The Morgan fingerprint density at radius 2 is 1.95 bits per heavy atom. The first-order chi connectivity index (χ1) is 10.2. The molecule has 0 aliphatic heterocycles. The Morgan fingerprint density at radius 3 is 2.71 bits per heavy atom. The Bertz CT molecular complexity index is 855. The van der Waals surface area contributed by atoms with Crippen LogP contribution in [-0.4, -0.2) is 17.1 Å². The summed E-state index contributed by atoms with van der Waals surface area (Å²) in [5, 5.41) is 8.41. The van der Waals surface area contributed by atoms with Crippen LogP contribution in [0.15, 0.2) is 48.5 Å². The predicted octanol–water partition coefficient (Wildman–Crippen LogP) is 3.55. The van der Waals surface area contributed by atoms with Gasteiger partial charge in [-0.15, -0.1) is 0 Å². The average Bonchev–Trinajstić information content (AvgIpc) is 2.83. The van der Waals surface area contributed by atoms with Gasteiger partial charge in [0.15, 0.2) is 11.4 Å². The summed E-state index contributed by atoms with van der Waals surface area (Å²) in [6.07, 6.45) is 0. The number of hydrogen-bond acceptors (Lipinski definition) is 4. The SMILES string of the molecule is N=c1sc2cccc(Cl)c2n1C(=O)COc1ccccc1. The smallest absolute Gasteiger partial charge is 0.271 e. The molecule has 3 aromatic rings. The third-order valence-electron chi connectivity index (χ3n) is 2.94. The van der Waals surface area contributed by atoms with Crippen molar-refractivity contribution in [2.45, 2.75) is 0 Å². The lowest BCUT2D eigenvalue weighted by atomic mass is 10.3. The second-order valence-corrected chi connectivity index (χ2v) is 5.76. The van der Waals surface area contributed by atoms with Gasteiger partial charge in [-0.2, -0.15) is 0 Å². The lowest BCUT2D eigenvalue weighted by Crippen LogP contribution is -2.27. The molecule has 0 aliphatic carbocycles. The normalized spacial score (nSPS) is 10.7. The first-order valence-electron chi connectivity index (χ1n) is 6.22. The maximum absolute atomic E-state index is 12.3. The molecule has 0 radical (unpaired) electrons. The van der Waals surface area contributed by atoms with Crippen molar-refractivity contribution < 1.29 is 9.53 Å². The van der Waals surface area contributed by atoms with Crippen LogP contribution in [0.5, 0.6) is 5.75 Å².